The molecule has 5 nitrogen and oxygen atoms in total. The second kappa shape index (κ2) is 5.30. The van der Waals surface area contributed by atoms with Crippen LogP contribution in [0.3, 0.4) is 0 Å². The summed E-state index contributed by atoms with van der Waals surface area (Å²) in [5.41, 5.74) is 0.615. The summed E-state index contributed by atoms with van der Waals surface area (Å²) in [6.45, 7) is 0. The summed E-state index contributed by atoms with van der Waals surface area (Å²) in [6.07, 6.45) is 2.21. The van der Waals surface area contributed by atoms with E-state index < -0.39 is 23.2 Å². The molecule has 0 unspecified atom stereocenters. The topological polar surface area (TPSA) is 63.7 Å². The van der Waals surface area contributed by atoms with Gasteiger partial charge < -0.3 is 4.84 Å². The minimum absolute atomic E-state index is 0.262. The molecule has 120 valence electrons. The van der Waals surface area contributed by atoms with E-state index in [1.807, 2.05) is 30.3 Å². The number of benzene rings is 2. The Hall–Kier alpha value is -2.95. The van der Waals surface area contributed by atoms with Crippen molar-refractivity contribution >= 4 is 17.8 Å². The molecule has 2 aliphatic rings. The number of amides is 2. The quantitative estimate of drug-likeness (QED) is 0.816. The molecule has 1 aliphatic heterocycles. The minimum Gasteiger partial charge on any atom is -0.329 e. The SMILES string of the molecule is O=C1c2ccccc2C(=O)N1OC(=O)C1(c2ccccc2)CCC1. The summed E-state index contributed by atoms with van der Waals surface area (Å²) < 4.78 is 0. The van der Waals surface area contributed by atoms with Crippen LogP contribution in [0.1, 0.15) is 45.5 Å². The third-order valence-electron chi connectivity index (χ3n) is 4.86. The van der Waals surface area contributed by atoms with Crippen molar-refractivity contribution in [3.05, 3.63) is 71.3 Å². The monoisotopic (exact) mass is 321 g/mol. The molecule has 0 N–H and O–H groups in total. The second-order valence-electron chi connectivity index (χ2n) is 6.13. The number of fused-ring (bicyclic) bond motifs is 1. The molecule has 0 saturated heterocycles. The molecule has 0 spiro atoms. The molecule has 0 radical (unpaired) electrons. The fourth-order valence-electron chi connectivity index (χ4n) is 3.32. The molecule has 5 heteroatoms. The van der Waals surface area contributed by atoms with E-state index in [2.05, 4.69) is 0 Å². The molecule has 1 fully saturated rings. The van der Waals surface area contributed by atoms with Crippen LogP contribution in [-0.2, 0) is 15.0 Å². The van der Waals surface area contributed by atoms with E-state index in [-0.39, 0.29) is 11.1 Å². The van der Waals surface area contributed by atoms with E-state index in [0.717, 1.165) is 12.0 Å². The van der Waals surface area contributed by atoms with Crippen molar-refractivity contribution in [2.45, 2.75) is 24.7 Å². The summed E-state index contributed by atoms with van der Waals surface area (Å²) >= 11 is 0. The predicted octanol–water partition coefficient (Wildman–Crippen LogP) is 2.86. The van der Waals surface area contributed by atoms with Crippen molar-refractivity contribution < 1.29 is 19.2 Å². The molecule has 0 atom stereocenters. The molecule has 1 heterocycles. The molecule has 2 aromatic carbocycles. The molecule has 4 rings (SSSR count). The number of hydrogen-bond donors (Lipinski definition) is 0. The van der Waals surface area contributed by atoms with Gasteiger partial charge >= 0.3 is 5.97 Å². The summed E-state index contributed by atoms with van der Waals surface area (Å²) in [6, 6.07) is 15.8. The second-order valence-corrected chi connectivity index (χ2v) is 6.13. The van der Waals surface area contributed by atoms with Crippen LogP contribution in [0.2, 0.25) is 0 Å². The van der Waals surface area contributed by atoms with Gasteiger partial charge in [0.25, 0.3) is 11.8 Å². The van der Waals surface area contributed by atoms with E-state index >= 15 is 0 Å². The first-order valence-corrected chi connectivity index (χ1v) is 7.89. The van der Waals surface area contributed by atoms with Crippen LogP contribution in [-0.4, -0.2) is 22.8 Å². The first kappa shape index (κ1) is 14.6. The smallest absolute Gasteiger partial charge is 0.329 e. The number of imide groups is 1. The lowest BCUT2D eigenvalue weighted by atomic mass is 9.64. The number of hydrogen-bond acceptors (Lipinski definition) is 4. The molecule has 0 bridgehead atoms. The van der Waals surface area contributed by atoms with E-state index in [1.165, 1.54) is 0 Å². The van der Waals surface area contributed by atoms with Crippen LogP contribution in [0.15, 0.2) is 54.6 Å². The van der Waals surface area contributed by atoms with Crippen LogP contribution in [0, 0.1) is 0 Å². The molecule has 2 aromatic rings. The van der Waals surface area contributed by atoms with Crippen molar-refractivity contribution in [2.24, 2.45) is 0 Å². The maximum absolute atomic E-state index is 12.8. The van der Waals surface area contributed by atoms with Crippen LogP contribution >= 0.6 is 0 Å². The van der Waals surface area contributed by atoms with E-state index in [0.29, 0.717) is 17.9 Å². The van der Waals surface area contributed by atoms with Crippen molar-refractivity contribution in [3.8, 4) is 0 Å². The largest absolute Gasteiger partial charge is 0.343 e. The Bertz CT molecular complexity index is 804. The zero-order chi connectivity index (χ0) is 16.7. The highest BCUT2D eigenvalue weighted by Gasteiger charge is 2.50. The molecule has 2 amide bonds. The Morgan fingerprint density at radius 2 is 1.42 bits per heavy atom. The fourth-order valence-corrected chi connectivity index (χ4v) is 3.32. The molecule has 24 heavy (non-hydrogen) atoms. The Balaban J connectivity index is 1.61. The van der Waals surface area contributed by atoms with Crippen molar-refractivity contribution in [2.75, 3.05) is 0 Å². The third kappa shape index (κ3) is 1.98. The Morgan fingerprint density at radius 3 is 1.92 bits per heavy atom. The number of nitrogens with zero attached hydrogens (tertiary/aromatic N) is 1. The first-order chi connectivity index (χ1) is 11.6. The lowest BCUT2D eigenvalue weighted by Gasteiger charge is -2.39. The first-order valence-electron chi connectivity index (χ1n) is 7.89. The molecular formula is C19H15NO4. The number of carbonyl (C=O) groups excluding carboxylic acids is 3. The highest BCUT2D eigenvalue weighted by Crippen LogP contribution is 2.45. The van der Waals surface area contributed by atoms with E-state index in [1.54, 1.807) is 24.3 Å². The number of hydroxylamine groups is 2. The van der Waals surface area contributed by atoms with Gasteiger partial charge in [0.1, 0.15) is 0 Å². The van der Waals surface area contributed by atoms with Crippen LogP contribution < -0.4 is 0 Å². The van der Waals surface area contributed by atoms with Gasteiger partial charge in [-0.25, -0.2) is 4.79 Å². The van der Waals surface area contributed by atoms with Crippen molar-refractivity contribution in [3.63, 3.8) is 0 Å². The molecular weight excluding hydrogens is 306 g/mol. The standard InChI is InChI=1S/C19H15NO4/c21-16-14-9-4-5-10-15(14)17(22)20(16)24-18(23)19(11-6-12-19)13-7-2-1-3-8-13/h1-5,7-10H,6,11-12H2. The highest BCUT2D eigenvalue weighted by molar-refractivity contribution is 6.21. The summed E-state index contributed by atoms with van der Waals surface area (Å²) in [7, 11) is 0. The van der Waals surface area contributed by atoms with Crippen LogP contribution in [0.5, 0.6) is 0 Å². The van der Waals surface area contributed by atoms with Gasteiger partial charge in [0.05, 0.1) is 16.5 Å². The summed E-state index contributed by atoms with van der Waals surface area (Å²) in [4.78, 5) is 42.7. The van der Waals surface area contributed by atoms with Gasteiger partial charge in [-0.15, -0.1) is 0 Å². The predicted molar refractivity (Wildman–Crippen MR) is 85.0 cm³/mol. The maximum Gasteiger partial charge on any atom is 0.343 e. The zero-order valence-corrected chi connectivity index (χ0v) is 12.9. The highest BCUT2D eigenvalue weighted by atomic mass is 16.7. The molecule has 1 aliphatic carbocycles. The average Bonchev–Trinajstić information content (AvgIpc) is 2.80. The zero-order valence-electron chi connectivity index (χ0n) is 12.9. The normalized spacial score (nSPS) is 18.1. The minimum atomic E-state index is -0.767. The maximum atomic E-state index is 12.8. The summed E-state index contributed by atoms with van der Waals surface area (Å²) in [5, 5.41) is 0.593. The fraction of sp³-hybridized carbons (Fsp3) is 0.211. The number of rotatable bonds is 3. The van der Waals surface area contributed by atoms with Gasteiger partial charge in [-0.3, -0.25) is 9.59 Å². The van der Waals surface area contributed by atoms with Gasteiger partial charge in [-0.05, 0) is 30.5 Å². The van der Waals surface area contributed by atoms with Crippen molar-refractivity contribution in [1.29, 1.82) is 0 Å². The molecule has 0 aromatic heterocycles. The Morgan fingerprint density at radius 1 is 0.875 bits per heavy atom. The third-order valence-corrected chi connectivity index (χ3v) is 4.86. The van der Waals surface area contributed by atoms with Crippen molar-refractivity contribution in [1.82, 2.24) is 5.06 Å². The van der Waals surface area contributed by atoms with Gasteiger partial charge in [0.15, 0.2) is 0 Å². The Kier molecular flexibility index (Phi) is 3.23. The van der Waals surface area contributed by atoms with Crippen LogP contribution in [0.4, 0.5) is 0 Å². The van der Waals surface area contributed by atoms with E-state index in [4.69, 9.17) is 4.84 Å². The van der Waals surface area contributed by atoms with Crippen LogP contribution in [0.25, 0.3) is 0 Å². The summed E-state index contributed by atoms with van der Waals surface area (Å²) in [5.74, 6) is -1.73. The average molecular weight is 321 g/mol. The van der Waals surface area contributed by atoms with Gasteiger partial charge in [0.2, 0.25) is 0 Å². The Labute approximate surface area is 138 Å². The molecule has 1 saturated carbocycles. The lowest BCUT2D eigenvalue weighted by Crippen LogP contribution is -2.47. The lowest BCUT2D eigenvalue weighted by molar-refractivity contribution is -0.179. The number of carbonyl (C=O) groups is 3. The van der Waals surface area contributed by atoms with Gasteiger partial charge in [-0.2, -0.15) is 0 Å². The van der Waals surface area contributed by atoms with Gasteiger partial charge in [0, 0.05) is 0 Å². The van der Waals surface area contributed by atoms with Gasteiger partial charge in [-0.1, -0.05) is 53.9 Å². The van der Waals surface area contributed by atoms with E-state index in [9.17, 15) is 14.4 Å².